The highest BCUT2D eigenvalue weighted by Gasteiger charge is 2.18. The number of hydrogen-bond acceptors (Lipinski definition) is 6. The highest BCUT2D eigenvalue weighted by atomic mass is 16.5. The van der Waals surface area contributed by atoms with Gasteiger partial charge >= 0.3 is 0 Å². The van der Waals surface area contributed by atoms with E-state index in [4.69, 9.17) is 9.26 Å². The summed E-state index contributed by atoms with van der Waals surface area (Å²) in [4.78, 5) is 8.46. The van der Waals surface area contributed by atoms with E-state index in [-0.39, 0.29) is 0 Å². The molecule has 0 fully saturated rings. The Balaban J connectivity index is 1.60. The van der Waals surface area contributed by atoms with Gasteiger partial charge in [0.1, 0.15) is 12.4 Å². The zero-order valence-corrected chi connectivity index (χ0v) is 13.5. The van der Waals surface area contributed by atoms with E-state index in [0.29, 0.717) is 18.3 Å². The van der Waals surface area contributed by atoms with Crippen LogP contribution in [0.4, 0.5) is 0 Å². The molecule has 0 bridgehead atoms. The molecule has 4 rings (SSSR count). The fourth-order valence-corrected chi connectivity index (χ4v) is 2.44. The molecule has 124 valence electrons. The van der Waals surface area contributed by atoms with Crippen molar-refractivity contribution in [2.24, 2.45) is 7.05 Å². The van der Waals surface area contributed by atoms with E-state index in [1.807, 2.05) is 37.4 Å². The second-order valence-electron chi connectivity index (χ2n) is 5.39. The Morgan fingerprint density at radius 2 is 1.88 bits per heavy atom. The second kappa shape index (κ2) is 6.56. The number of pyridine rings is 1. The molecule has 7 heteroatoms. The molecule has 0 radical (unpaired) electrons. The molecule has 25 heavy (non-hydrogen) atoms. The van der Waals surface area contributed by atoms with Crippen LogP contribution in [0.1, 0.15) is 5.69 Å². The van der Waals surface area contributed by atoms with Gasteiger partial charge in [0.05, 0.1) is 17.5 Å². The maximum Gasteiger partial charge on any atom is 0.261 e. The molecule has 0 unspecified atom stereocenters. The number of benzene rings is 1. The molecule has 7 nitrogen and oxygen atoms in total. The van der Waals surface area contributed by atoms with Crippen molar-refractivity contribution >= 4 is 0 Å². The SMILES string of the molecule is Cn1ncc(-c2nc(-c3ccccc3)no2)c1COc1ccncc1. The van der Waals surface area contributed by atoms with Crippen LogP contribution in [0, 0.1) is 0 Å². The van der Waals surface area contributed by atoms with Gasteiger partial charge < -0.3 is 9.26 Å². The molecule has 0 aliphatic rings. The van der Waals surface area contributed by atoms with Crippen molar-refractivity contribution in [1.29, 1.82) is 0 Å². The number of nitrogens with zero attached hydrogens (tertiary/aromatic N) is 5. The first-order valence-electron chi connectivity index (χ1n) is 7.74. The van der Waals surface area contributed by atoms with Crippen LogP contribution in [-0.4, -0.2) is 24.9 Å². The fourth-order valence-electron chi connectivity index (χ4n) is 2.44. The number of hydrogen-bond donors (Lipinski definition) is 0. The lowest BCUT2D eigenvalue weighted by Crippen LogP contribution is -2.04. The van der Waals surface area contributed by atoms with Crippen LogP contribution < -0.4 is 4.74 Å². The number of rotatable bonds is 5. The maximum atomic E-state index is 5.79. The molecule has 3 heterocycles. The summed E-state index contributed by atoms with van der Waals surface area (Å²) >= 11 is 0. The summed E-state index contributed by atoms with van der Waals surface area (Å²) in [6.07, 6.45) is 5.07. The van der Waals surface area contributed by atoms with Crippen molar-refractivity contribution in [2.45, 2.75) is 6.61 Å². The van der Waals surface area contributed by atoms with Crippen LogP contribution in [0.15, 0.2) is 65.6 Å². The van der Waals surface area contributed by atoms with Crippen LogP contribution >= 0.6 is 0 Å². The zero-order chi connectivity index (χ0) is 17.1. The first kappa shape index (κ1) is 15.1. The summed E-state index contributed by atoms with van der Waals surface area (Å²) in [6, 6.07) is 13.3. The van der Waals surface area contributed by atoms with E-state index in [0.717, 1.165) is 22.6 Å². The Bertz CT molecular complexity index is 964. The second-order valence-corrected chi connectivity index (χ2v) is 5.39. The molecule has 3 aromatic heterocycles. The van der Waals surface area contributed by atoms with Crippen LogP contribution in [0.2, 0.25) is 0 Å². The van der Waals surface area contributed by atoms with E-state index in [9.17, 15) is 0 Å². The summed E-state index contributed by atoms with van der Waals surface area (Å²) in [5, 5.41) is 8.34. The largest absolute Gasteiger partial charge is 0.487 e. The van der Waals surface area contributed by atoms with E-state index in [1.165, 1.54) is 0 Å². The molecular formula is C18H15N5O2. The monoisotopic (exact) mass is 333 g/mol. The first-order chi connectivity index (χ1) is 12.3. The smallest absolute Gasteiger partial charge is 0.261 e. The average Bonchev–Trinajstić information content (AvgIpc) is 3.28. The standard InChI is InChI=1S/C18H15N5O2/c1-23-16(12-24-14-7-9-19-10-8-14)15(11-20-23)18-21-17(22-25-18)13-5-3-2-4-6-13/h2-11H,12H2,1H3. The lowest BCUT2D eigenvalue weighted by Gasteiger charge is -2.07. The lowest BCUT2D eigenvalue weighted by molar-refractivity contribution is 0.294. The summed E-state index contributed by atoms with van der Waals surface area (Å²) < 4.78 is 13.0. The van der Waals surface area contributed by atoms with Crippen LogP contribution in [0.5, 0.6) is 5.75 Å². The molecule has 4 aromatic rings. The van der Waals surface area contributed by atoms with Gasteiger partial charge in [-0.2, -0.15) is 10.1 Å². The zero-order valence-electron chi connectivity index (χ0n) is 13.5. The van der Waals surface area contributed by atoms with Crippen molar-refractivity contribution in [1.82, 2.24) is 24.9 Å². The van der Waals surface area contributed by atoms with Crippen molar-refractivity contribution in [3.63, 3.8) is 0 Å². The van der Waals surface area contributed by atoms with Gasteiger partial charge in [-0.1, -0.05) is 35.5 Å². The Labute approximate surface area is 143 Å². The molecule has 0 saturated carbocycles. The van der Waals surface area contributed by atoms with E-state index in [2.05, 4.69) is 20.2 Å². The van der Waals surface area contributed by atoms with Crippen LogP contribution in [-0.2, 0) is 13.7 Å². The normalized spacial score (nSPS) is 10.8. The van der Waals surface area contributed by atoms with Gasteiger partial charge in [-0.15, -0.1) is 0 Å². The summed E-state index contributed by atoms with van der Waals surface area (Å²) in [5.74, 6) is 1.69. The molecule has 0 spiro atoms. The summed E-state index contributed by atoms with van der Waals surface area (Å²) in [5.41, 5.74) is 2.50. The predicted molar refractivity (Wildman–Crippen MR) is 90.5 cm³/mol. The highest BCUT2D eigenvalue weighted by molar-refractivity contribution is 5.60. The maximum absolute atomic E-state index is 5.79. The third-order valence-corrected chi connectivity index (χ3v) is 3.78. The Morgan fingerprint density at radius 1 is 1.08 bits per heavy atom. The Morgan fingerprint density at radius 3 is 2.68 bits per heavy atom. The third-order valence-electron chi connectivity index (χ3n) is 3.78. The molecule has 0 atom stereocenters. The van der Waals surface area contributed by atoms with Gasteiger partial charge in [0.25, 0.3) is 5.89 Å². The quantitative estimate of drug-likeness (QED) is 0.558. The predicted octanol–water partition coefficient (Wildman–Crippen LogP) is 3.11. The molecule has 0 saturated heterocycles. The van der Waals surface area contributed by atoms with Gasteiger partial charge in [0.15, 0.2) is 0 Å². The minimum Gasteiger partial charge on any atom is -0.487 e. The van der Waals surface area contributed by atoms with Crippen molar-refractivity contribution in [3.05, 3.63) is 66.7 Å². The summed E-state index contributed by atoms with van der Waals surface area (Å²) in [6.45, 7) is 0.332. The Hall–Kier alpha value is -3.48. The number of aromatic nitrogens is 5. The topological polar surface area (TPSA) is 78.9 Å². The lowest BCUT2D eigenvalue weighted by atomic mass is 10.2. The van der Waals surface area contributed by atoms with Crippen molar-refractivity contribution in [3.8, 4) is 28.6 Å². The third kappa shape index (κ3) is 3.12. The Kier molecular flexibility index (Phi) is 3.96. The fraction of sp³-hybridized carbons (Fsp3) is 0.111. The van der Waals surface area contributed by atoms with E-state index >= 15 is 0 Å². The molecule has 0 aliphatic carbocycles. The molecule has 0 aliphatic heterocycles. The van der Waals surface area contributed by atoms with Crippen LogP contribution in [0.25, 0.3) is 22.8 Å². The minimum atomic E-state index is 0.332. The first-order valence-corrected chi connectivity index (χ1v) is 7.74. The van der Waals surface area contributed by atoms with Gasteiger partial charge in [-0.3, -0.25) is 9.67 Å². The van der Waals surface area contributed by atoms with Gasteiger partial charge in [-0.05, 0) is 12.1 Å². The number of aryl methyl sites for hydroxylation is 1. The van der Waals surface area contributed by atoms with E-state index < -0.39 is 0 Å². The molecular weight excluding hydrogens is 318 g/mol. The van der Waals surface area contributed by atoms with E-state index in [1.54, 1.807) is 35.4 Å². The van der Waals surface area contributed by atoms with Gasteiger partial charge in [-0.25, -0.2) is 0 Å². The highest BCUT2D eigenvalue weighted by Crippen LogP contribution is 2.25. The molecule has 1 aromatic carbocycles. The summed E-state index contributed by atoms with van der Waals surface area (Å²) in [7, 11) is 1.85. The number of ether oxygens (including phenoxy) is 1. The van der Waals surface area contributed by atoms with Crippen LogP contribution in [0.3, 0.4) is 0 Å². The van der Waals surface area contributed by atoms with Gasteiger partial charge in [0.2, 0.25) is 5.82 Å². The molecule has 0 amide bonds. The minimum absolute atomic E-state index is 0.332. The van der Waals surface area contributed by atoms with Gasteiger partial charge in [0, 0.05) is 25.0 Å². The molecule has 0 N–H and O–H groups in total. The average molecular weight is 333 g/mol. The van der Waals surface area contributed by atoms with Crippen molar-refractivity contribution < 1.29 is 9.26 Å². The van der Waals surface area contributed by atoms with Crippen molar-refractivity contribution in [2.75, 3.05) is 0 Å².